The third kappa shape index (κ3) is 2.66. The Kier molecular flexibility index (Phi) is 3.74. The molecule has 11 heteroatoms. The molecule has 0 spiro atoms. The lowest BCUT2D eigenvalue weighted by molar-refractivity contribution is -0.0490. The summed E-state index contributed by atoms with van der Waals surface area (Å²) in [7, 11) is 0. The molecule has 4 aromatic rings. The van der Waals surface area contributed by atoms with Crippen molar-refractivity contribution in [1.82, 2.24) is 29.8 Å². The summed E-state index contributed by atoms with van der Waals surface area (Å²) in [6.07, 6.45) is 4.02. The highest BCUT2D eigenvalue weighted by Gasteiger charge is 2.36. The monoisotopic (exact) mass is 387 g/mol. The van der Waals surface area contributed by atoms with Gasteiger partial charge in [-0.1, -0.05) is 5.10 Å². The van der Waals surface area contributed by atoms with E-state index in [1.54, 1.807) is 31.6 Å². The number of imidazole rings is 1. The van der Waals surface area contributed by atoms with E-state index < -0.39 is 12.7 Å². The number of fused-ring (bicyclic) bond motifs is 2. The van der Waals surface area contributed by atoms with Crippen LogP contribution in [0.4, 0.5) is 14.8 Å². The van der Waals surface area contributed by atoms with Crippen molar-refractivity contribution in [3.8, 4) is 5.75 Å². The van der Waals surface area contributed by atoms with Gasteiger partial charge in [-0.05, 0) is 18.2 Å². The number of aromatic amines is 1. The van der Waals surface area contributed by atoms with E-state index in [9.17, 15) is 8.78 Å². The van der Waals surface area contributed by atoms with Gasteiger partial charge in [0.15, 0.2) is 5.75 Å². The number of hydrogen-bond acceptors (Lipinski definition) is 7. The number of nitrogens with one attached hydrogen (secondary N) is 1. The molecule has 1 N–H and O–H groups in total. The zero-order valence-corrected chi connectivity index (χ0v) is 14.7. The highest BCUT2D eigenvalue weighted by molar-refractivity contribution is 5.61. The smallest absolute Gasteiger partial charge is 0.387 e. The summed E-state index contributed by atoms with van der Waals surface area (Å²) in [5, 5.41) is 12.6. The zero-order valence-electron chi connectivity index (χ0n) is 14.7. The third-order valence-corrected chi connectivity index (χ3v) is 4.66. The second-order valence-corrected chi connectivity index (χ2v) is 6.37. The maximum absolute atomic E-state index is 12.7. The van der Waals surface area contributed by atoms with E-state index in [1.807, 2.05) is 4.90 Å². The average molecular weight is 387 g/mol. The minimum Gasteiger partial charge on any atom is -0.433 e. The quantitative estimate of drug-likeness (QED) is 0.575. The van der Waals surface area contributed by atoms with Gasteiger partial charge in [0.25, 0.3) is 0 Å². The van der Waals surface area contributed by atoms with Crippen LogP contribution in [0.25, 0.3) is 5.52 Å². The maximum atomic E-state index is 12.7. The number of aryl methyl sites for hydroxylation is 1. The van der Waals surface area contributed by atoms with Crippen LogP contribution in [0.2, 0.25) is 0 Å². The number of H-pyrrole nitrogens is 1. The normalized spacial score (nSPS) is 16.7. The molecule has 5 rings (SSSR count). The first-order valence-corrected chi connectivity index (χ1v) is 8.62. The first kappa shape index (κ1) is 16.7. The van der Waals surface area contributed by atoms with Gasteiger partial charge in [0.2, 0.25) is 5.89 Å². The van der Waals surface area contributed by atoms with Crippen molar-refractivity contribution in [1.29, 1.82) is 0 Å². The van der Waals surface area contributed by atoms with E-state index in [2.05, 4.69) is 30.0 Å². The minimum absolute atomic E-state index is 0.0505. The molecule has 0 saturated heterocycles. The van der Waals surface area contributed by atoms with Crippen LogP contribution in [0.15, 0.2) is 35.1 Å². The van der Waals surface area contributed by atoms with Gasteiger partial charge in [0.1, 0.15) is 11.6 Å². The molecule has 0 saturated carbocycles. The van der Waals surface area contributed by atoms with E-state index in [1.165, 1.54) is 10.6 Å². The molecule has 0 radical (unpaired) electrons. The fraction of sp³-hybridized carbons (Fsp3) is 0.294. The van der Waals surface area contributed by atoms with Gasteiger partial charge in [-0.25, -0.2) is 9.50 Å². The SMILES string of the molecule is Cc1nnc(N2CCc3[nH]cnc3C2c2cc3c(OC(F)F)cccn3n2)o1. The number of pyridine rings is 1. The molecule has 4 aromatic heterocycles. The van der Waals surface area contributed by atoms with Crippen LogP contribution in [0, 0.1) is 6.92 Å². The molecule has 1 atom stereocenters. The van der Waals surface area contributed by atoms with Gasteiger partial charge in [0.05, 0.1) is 17.7 Å². The maximum Gasteiger partial charge on any atom is 0.387 e. The molecular formula is C17H15F2N7O2. The van der Waals surface area contributed by atoms with E-state index in [-0.39, 0.29) is 5.75 Å². The highest BCUT2D eigenvalue weighted by atomic mass is 19.3. The van der Waals surface area contributed by atoms with E-state index in [0.29, 0.717) is 29.7 Å². The van der Waals surface area contributed by atoms with Crippen LogP contribution in [-0.2, 0) is 6.42 Å². The van der Waals surface area contributed by atoms with Gasteiger partial charge >= 0.3 is 12.6 Å². The summed E-state index contributed by atoms with van der Waals surface area (Å²) in [6.45, 7) is -0.598. The Morgan fingerprint density at radius 1 is 1.36 bits per heavy atom. The molecule has 9 nitrogen and oxygen atoms in total. The lowest BCUT2D eigenvalue weighted by Crippen LogP contribution is -2.36. The molecular weight excluding hydrogens is 372 g/mol. The molecule has 0 aliphatic carbocycles. The molecule has 28 heavy (non-hydrogen) atoms. The molecule has 5 heterocycles. The Morgan fingerprint density at radius 3 is 3.04 bits per heavy atom. The number of hydrogen-bond donors (Lipinski definition) is 1. The van der Waals surface area contributed by atoms with Crippen molar-refractivity contribution < 1.29 is 17.9 Å². The Bertz CT molecular complexity index is 1140. The molecule has 144 valence electrons. The number of nitrogens with zero attached hydrogens (tertiary/aromatic N) is 6. The lowest BCUT2D eigenvalue weighted by atomic mass is 10.0. The molecule has 0 aromatic carbocycles. The predicted octanol–water partition coefficient (Wildman–Crippen LogP) is 2.50. The molecule has 0 fully saturated rings. The Labute approximate surface area is 157 Å². The van der Waals surface area contributed by atoms with Gasteiger partial charge in [-0.15, -0.1) is 5.10 Å². The van der Waals surface area contributed by atoms with Crippen molar-refractivity contribution >= 4 is 11.5 Å². The topological polar surface area (TPSA) is 97.4 Å². The minimum atomic E-state index is -2.92. The first-order valence-electron chi connectivity index (χ1n) is 8.62. The molecule has 1 unspecified atom stereocenters. The molecule has 0 bridgehead atoms. The van der Waals surface area contributed by atoms with Gasteiger partial charge in [-0.2, -0.15) is 13.9 Å². The number of alkyl halides is 2. The second kappa shape index (κ2) is 6.29. The van der Waals surface area contributed by atoms with Gasteiger partial charge in [-0.3, -0.25) is 0 Å². The molecule has 0 amide bonds. The van der Waals surface area contributed by atoms with Crippen LogP contribution in [-0.4, -0.2) is 42.9 Å². The number of halogens is 2. The summed E-state index contributed by atoms with van der Waals surface area (Å²) < 4.78 is 37.3. The predicted molar refractivity (Wildman–Crippen MR) is 92.3 cm³/mol. The van der Waals surface area contributed by atoms with E-state index in [0.717, 1.165) is 17.8 Å². The van der Waals surface area contributed by atoms with Gasteiger partial charge in [0, 0.05) is 31.8 Å². The standard InChI is InChI=1S/C17H15F2N7O2/c1-9-22-23-17(27-9)25-6-4-10-14(21-8-20-10)15(25)11-7-12-13(28-16(18)19)3-2-5-26(12)24-11/h2-3,5,7-8,15-16H,4,6H2,1H3,(H,20,21). The first-order chi connectivity index (χ1) is 13.6. The fourth-order valence-corrected chi connectivity index (χ4v) is 3.52. The summed E-state index contributed by atoms with van der Waals surface area (Å²) in [6, 6.07) is 4.74. The van der Waals surface area contributed by atoms with Crippen molar-refractivity contribution in [3.05, 3.63) is 53.7 Å². The number of rotatable bonds is 4. The van der Waals surface area contributed by atoms with Crippen LogP contribution in [0.5, 0.6) is 5.75 Å². The van der Waals surface area contributed by atoms with Crippen molar-refractivity contribution in [3.63, 3.8) is 0 Å². The van der Waals surface area contributed by atoms with Crippen LogP contribution in [0.1, 0.15) is 29.0 Å². The van der Waals surface area contributed by atoms with Crippen molar-refractivity contribution in [2.75, 3.05) is 11.4 Å². The Morgan fingerprint density at radius 2 is 2.25 bits per heavy atom. The average Bonchev–Trinajstić information content (AvgIpc) is 3.39. The third-order valence-electron chi connectivity index (χ3n) is 4.66. The van der Waals surface area contributed by atoms with Crippen LogP contribution in [0.3, 0.4) is 0 Å². The Balaban J connectivity index is 1.64. The number of aromatic nitrogens is 6. The molecule has 1 aliphatic rings. The molecule has 1 aliphatic heterocycles. The summed E-state index contributed by atoms with van der Waals surface area (Å²) >= 11 is 0. The van der Waals surface area contributed by atoms with Crippen LogP contribution >= 0.6 is 0 Å². The van der Waals surface area contributed by atoms with Crippen LogP contribution < -0.4 is 9.64 Å². The lowest BCUT2D eigenvalue weighted by Gasteiger charge is -2.32. The Hall–Kier alpha value is -3.50. The van der Waals surface area contributed by atoms with E-state index >= 15 is 0 Å². The fourth-order valence-electron chi connectivity index (χ4n) is 3.52. The van der Waals surface area contributed by atoms with Crippen molar-refractivity contribution in [2.45, 2.75) is 26.0 Å². The highest BCUT2D eigenvalue weighted by Crippen LogP contribution is 2.37. The summed E-state index contributed by atoms with van der Waals surface area (Å²) in [5.41, 5.74) is 2.80. The second-order valence-electron chi connectivity index (χ2n) is 6.37. The van der Waals surface area contributed by atoms with Crippen molar-refractivity contribution in [2.24, 2.45) is 0 Å². The van der Waals surface area contributed by atoms with Gasteiger partial charge < -0.3 is 19.0 Å². The zero-order chi connectivity index (χ0) is 19.3. The number of anilines is 1. The number of ether oxygens (including phenoxy) is 1. The summed E-state index contributed by atoms with van der Waals surface area (Å²) in [5.74, 6) is 0.499. The largest absolute Gasteiger partial charge is 0.433 e. The van der Waals surface area contributed by atoms with E-state index in [4.69, 9.17) is 4.42 Å². The summed E-state index contributed by atoms with van der Waals surface area (Å²) in [4.78, 5) is 9.51.